The van der Waals surface area contributed by atoms with E-state index in [0.29, 0.717) is 36.2 Å². The number of thiazole rings is 1. The zero-order valence-corrected chi connectivity index (χ0v) is 25.1. The molecule has 1 aliphatic heterocycles. The molecule has 0 saturated carbocycles. The maximum absolute atomic E-state index is 13.5. The first-order valence-electron chi connectivity index (χ1n) is 14.5. The number of rotatable bonds is 12. The molecule has 2 heterocycles. The third-order valence-corrected chi connectivity index (χ3v) is 8.72. The van der Waals surface area contributed by atoms with Gasteiger partial charge in [-0.15, -0.1) is 11.3 Å². The molecule has 6 nitrogen and oxygen atoms in total. The van der Waals surface area contributed by atoms with Gasteiger partial charge in [-0.05, 0) is 72.6 Å². The molecule has 4 aromatic rings. The van der Waals surface area contributed by atoms with Crippen LogP contribution in [0.15, 0.2) is 78.2 Å². The number of ether oxygens (including phenoxy) is 2. The van der Waals surface area contributed by atoms with E-state index in [9.17, 15) is 9.18 Å². The molecule has 42 heavy (non-hydrogen) atoms. The Hall–Kier alpha value is -3.75. The van der Waals surface area contributed by atoms with Gasteiger partial charge in [0.05, 0.1) is 20.8 Å². The quantitative estimate of drug-likeness (QED) is 0.186. The van der Waals surface area contributed by atoms with Gasteiger partial charge in [-0.3, -0.25) is 9.69 Å². The second-order valence-electron chi connectivity index (χ2n) is 10.8. The predicted octanol–water partition coefficient (Wildman–Crippen LogP) is 6.64. The lowest BCUT2D eigenvalue weighted by Crippen LogP contribution is -2.39. The van der Waals surface area contributed by atoms with E-state index < -0.39 is 0 Å². The molecule has 1 aromatic heterocycles. The molecule has 0 spiro atoms. The summed E-state index contributed by atoms with van der Waals surface area (Å²) in [6, 6.07) is 23.2. The van der Waals surface area contributed by atoms with Gasteiger partial charge < -0.3 is 14.4 Å². The highest BCUT2D eigenvalue weighted by Crippen LogP contribution is 2.28. The zero-order chi connectivity index (χ0) is 29.3. The van der Waals surface area contributed by atoms with Crippen molar-refractivity contribution in [2.24, 2.45) is 5.92 Å². The Kier molecular flexibility index (Phi) is 10.2. The number of amides is 1. The fourth-order valence-electron chi connectivity index (χ4n) is 5.51. The van der Waals surface area contributed by atoms with Gasteiger partial charge in [-0.1, -0.05) is 48.5 Å². The van der Waals surface area contributed by atoms with E-state index in [4.69, 9.17) is 14.5 Å². The Morgan fingerprint density at radius 1 is 0.929 bits per heavy atom. The number of likely N-dealkylation sites (tertiary alicyclic amines) is 1. The summed E-state index contributed by atoms with van der Waals surface area (Å²) in [5.41, 5.74) is 4.04. The van der Waals surface area contributed by atoms with Crippen molar-refractivity contribution in [2.45, 2.75) is 38.8 Å². The second kappa shape index (κ2) is 14.4. The van der Waals surface area contributed by atoms with Crippen LogP contribution in [0.4, 0.5) is 4.39 Å². The Balaban J connectivity index is 1.21. The van der Waals surface area contributed by atoms with Crippen molar-refractivity contribution in [3.8, 4) is 11.5 Å². The number of piperidine rings is 1. The first-order valence-corrected chi connectivity index (χ1v) is 15.3. The summed E-state index contributed by atoms with van der Waals surface area (Å²) in [7, 11) is 3.26. The minimum atomic E-state index is -0.247. The van der Waals surface area contributed by atoms with Gasteiger partial charge in [0.1, 0.15) is 16.5 Å². The highest BCUT2D eigenvalue weighted by Gasteiger charge is 2.25. The van der Waals surface area contributed by atoms with Crippen LogP contribution < -0.4 is 9.47 Å². The topological polar surface area (TPSA) is 54.9 Å². The summed E-state index contributed by atoms with van der Waals surface area (Å²) >= 11 is 1.52. The molecule has 0 bridgehead atoms. The lowest BCUT2D eigenvalue weighted by atomic mass is 9.90. The highest BCUT2D eigenvalue weighted by atomic mass is 32.1. The summed E-state index contributed by atoms with van der Waals surface area (Å²) in [6.07, 6.45) is 3.88. The van der Waals surface area contributed by atoms with Gasteiger partial charge in [0.25, 0.3) is 5.91 Å². The minimum Gasteiger partial charge on any atom is -0.493 e. The van der Waals surface area contributed by atoms with Gasteiger partial charge in [-0.25, -0.2) is 9.37 Å². The van der Waals surface area contributed by atoms with Crippen LogP contribution in [0.2, 0.25) is 0 Å². The van der Waals surface area contributed by atoms with Crippen LogP contribution in [0.5, 0.6) is 11.5 Å². The van der Waals surface area contributed by atoms with E-state index in [1.807, 2.05) is 46.7 Å². The molecule has 0 unspecified atom stereocenters. The summed E-state index contributed by atoms with van der Waals surface area (Å²) < 4.78 is 24.4. The van der Waals surface area contributed by atoms with Crippen molar-refractivity contribution in [1.29, 1.82) is 0 Å². The molecular weight excluding hydrogens is 549 g/mol. The van der Waals surface area contributed by atoms with Gasteiger partial charge in [0.2, 0.25) is 0 Å². The number of nitrogens with zero attached hydrogens (tertiary/aromatic N) is 3. The van der Waals surface area contributed by atoms with Gasteiger partial charge in [0.15, 0.2) is 11.5 Å². The molecule has 0 aliphatic carbocycles. The van der Waals surface area contributed by atoms with E-state index in [1.165, 1.54) is 29.0 Å². The second-order valence-corrected chi connectivity index (χ2v) is 11.8. The SMILES string of the molecule is COc1ccc(CCN(Cc2ccc(F)cc2)Cc2nc(C(=O)N3CCC(Cc4ccccc4)CC3)cs2)cc1OC. The van der Waals surface area contributed by atoms with E-state index in [2.05, 4.69) is 29.2 Å². The van der Waals surface area contributed by atoms with E-state index >= 15 is 0 Å². The minimum absolute atomic E-state index is 0.0195. The number of aromatic nitrogens is 1. The highest BCUT2D eigenvalue weighted by molar-refractivity contribution is 7.09. The van der Waals surface area contributed by atoms with Gasteiger partial charge in [0, 0.05) is 31.6 Å². The van der Waals surface area contributed by atoms with Crippen molar-refractivity contribution in [2.75, 3.05) is 33.9 Å². The molecule has 0 N–H and O–H groups in total. The summed E-state index contributed by atoms with van der Waals surface area (Å²) in [4.78, 5) is 22.3. The number of halogens is 1. The first-order chi connectivity index (χ1) is 20.5. The Bertz CT molecular complexity index is 1440. The average molecular weight is 588 g/mol. The lowest BCUT2D eigenvalue weighted by Gasteiger charge is -2.31. The van der Waals surface area contributed by atoms with Crippen LogP contribution in [0.25, 0.3) is 0 Å². The maximum atomic E-state index is 13.5. The molecule has 0 atom stereocenters. The monoisotopic (exact) mass is 587 g/mol. The van der Waals surface area contributed by atoms with Crippen molar-refractivity contribution in [1.82, 2.24) is 14.8 Å². The Morgan fingerprint density at radius 2 is 1.64 bits per heavy atom. The van der Waals surface area contributed by atoms with E-state index in [1.54, 1.807) is 14.2 Å². The Labute approximate surface area is 251 Å². The van der Waals surface area contributed by atoms with Crippen LogP contribution >= 0.6 is 11.3 Å². The van der Waals surface area contributed by atoms with Crippen LogP contribution in [0, 0.1) is 11.7 Å². The molecule has 3 aromatic carbocycles. The summed E-state index contributed by atoms with van der Waals surface area (Å²) in [6.45, 7) is 3.54. The number of hydrogen-bond acceptors (Lipinski definition) is 6. The molecule has 1 saturated heterocycles. The fraction of sp³-hybridized carbons (Fsp3) is 0.353. The van der Waals surface area contributed by atoms with E-state index in [-0.39, 0.29) is 11.7 Å². The number of carbonyl (C=O) groups is 1. The molecular formula is C34H38FN3O3S. The van der Waals surface area contributed by atoms with Gasteiger partial charge >= 0.3 is 0 Å². The first kappa shape index (κ1) is 29.7. The van der Waals surface area contributed by atoms with Crippen LogP contribution in [0.3, 0.4) is 0 Å². The summed E-state index contributed by atoms with van der Waals surface area (Å²) in [5.74, 6) is 1.78. The van der Waals surface area contributed by atoms with Gasteiger partial charge in [-0.2, -0.15) is 0 Å². The van der Waals surface area contributed by atoms with Crippen LogP contribution in [-0.2, 0) is 25.9 Å². The van der Waals surface area contributed by atoms with E-state index in [0.717, 1.165) is 61.5 Å². The van der Waals surface area contributed by atoms with Crippen molar-refractivity contribution in [3.63, 3.8) is 0 Å². The number of carbonyl (C=O) groups excluding carboxylic acids is 1. The largest absolute Gasteiger partial charge is 0.493 e. The van der Waals surface area contributed by atoms with Crippen molar-refractivity contribution < 1.29 is 18.7 Å². The zero-order valence-electron chi connectivity index (χ0n) is 24.3. The lowest BCUT2D eigenvalue weighted by molar-refractivity contribution is 0.0685. The average Bonchev–Trinajstić information content (AvgIpc) is 3.49. The number of methoxy groups -OCH3 is 2. The Morgan fingerprint density at radius 3 is 2.36 bits per heavy atom. The number of hydrogen-bond donors (Lipinski definition) is 0. The smallest absolute Gasteiger partial charge is 0.273 e. The molecule has 1 fully saturated rings. The normalized spacial score (nSPS) is 13.9. The third kappa shape index (κ3) is 7.95. The molecule has 1 aliphatic rings. The fourth-order valence-corrected chi connectivity index (χ4v) is 6.32. The molecule has 220 valence electrons. The van der Waals surface area contributed by atoms with Crippen LogP contribution in [0.1, 0.15) is 45.0 Å². The molecule has 5 rings (SSSR count). The van der Waals surface area contributed by atoms with Crippen LogP contribution in [-0.4, -0.2) is 54.5 Å². The maximum Gasteiger partial charge on any atom is 0.273 e. The third-order valence-electron chi connectivity index (χ3n) is 7.88. The molecule has 8 heteroatoms. The molecule has 1 amide bonds. The predicted molar refractivity (Wildman–Crippen MR) is 165 cm³/mol. The van der Waals surface area contributed by atoms with Crippen molar-refractivity contribution >= 4 is 17.2 Å². The standard InChI is InChI=1S/C34H38FN3O3S/c1-40-31-13-10-26(21-32(31)41-2)14-17-37(22-28-8-11-29(35)12-9-28)23-33-36-30(24-42-33)34(39)38-18-15-27(16-19-38)20-25-6-4-3-5-7-25/h3-13,21,24,27H,14-20,22-23H2,1-2H3. The van der Waals surface area contributed by atoms with Crippen molar-refractivity contribution in [3.05, 3.63) is 111 Å². The molecule has 0 radical (unpaired) electrons. The number of benzene rings is 3. The summed E-state index contributed by atoms with van der Waals surface area (Å²) in [5, 5.41) is 2.78.